The number of likely N-dealkylation sites (tertiary alicyclic amines) is 1. The van der Waals surface area contributed by atoms with Gasteiger partial charge in [-0.05, 0) is 43.4 Å². The summed E-state index contributed by atoms with van der Waals surface area (Å²) in [5, 5.41) is 12.1. The number of piperidine rings is 1. The largest absolute Gasteiger partial charge is 0.481 e. The van der Waals surface area contributed by atoms with Crippen LogP contribution in [0.15, 0.2) is 24.3 Å². The highest BCUT2D eigenvalue weighted by molar-refractivity contribution is 5.76. The fourth-order valence-electron chi connectivity index (χ4n) is 3.47. The molecule has 0 spiro atoms. The van der Waals surface area contributed by atoms with Crippen LogP contribution in [0.1, 0.15) is 37.4 Å². The van der Waals surface area contributed by atoms with Crippen molar-refractivity contribution in [2.45, 2.75) is 37.8 Å². The Morgan fingerprint density at radius 1 is 1.24 bits per heavy atom. The lowest BCUT2D eigenvalue weighted by atomic mass is 9.97. The minimum atomic E-state index is -0.847. The van der Waals surface area contributed by atoms with E-state index in [1.54, 1.807) is 17.0 Å². The Hall–Kier alpha value is -2.15. The molecule has 3 rings (SSSR count). The maximum absolute atomic E-state index is 13.1. The van der Waals surface area contributed by atoms with Crippen LogP contribution < -0.4 is 5.32 Å². The molecule has 0 saturated carbocycles. The van der Waals surface area contributed by atoms with Gasteiger partial charge in [0.25, 0.3) is 0 Å². The number of rotatable bonds is 3. The predicted molar refractivity (Wildman–Crippen MR) is 88.6 cm³/mol. The SMILES string of the molecule is O=C(O)C1CCCN(C(=O)NC2CCOC(c3ccc(F)cc3)C2)C1. The molecule has 136 valence electrons. The van der Waals surface area contributed by atoms with Gasteiger partial charge in [0.2, 0.25) is 0 Å². The predicted octanol–water partition coefficient (Wildman–Crippen LogP) is 2.55. The quantitative estimate of drug-likeness (QED) is 0.878. The summed E-state index contributed by atoms with van der Waals surface area (Å²) >= 11 is 0. The molecule has 7 heteroatoms. The number of aliphatic carboxylic acids is 1. The van der Waals surface area contributed by atoms with E-state index in [0.29, 0.717) is 38.8 Å². The molecule has 0 aromatic heterocycles. The lowest BCUT2D eigenvalue weighted by molar-refractivity contribution is -0.143. The molecule has 2 fully saturated rings. The van der Waals surface area contributed by atoms with Gasteiger partial charge in [0, 0.05) is 25.7 Å². The lowest BCUT2D eigenvalue weighted by Crippen LogP contribution is -2.50. The molecule has 1 aromatic rings. The minimum Gasteiger partial charge on any atom is -0.481 e. The number of hydrogen-bond acceptors (Lipinski definition) is 3. The molecular formula is C18H23FN2O4. The van der Waals surface area contributed by atoms with Crippen molar-refractivity contribution in [1.82, 2.24) is 10.2 Å². The Morgan fingerprint density at radius 3 is 2.72 bits per heavy atom. The van der Waals surface area contributed by atoms with Crippen LogP contribution in [-0.4, -0.2) is 47.7 Å². The zero-order chi connectivity index (χ0) is 17.8. The summed E-state index contributed by atoms with van der Waals surface area (Å²) < 4.78 is 18.8. The van der Waals surface area contributed by atoms with Gasteiger partial charge < -0.3 is 20.1 Å². The fourth-order valence-corrected chi connectivity index (χ4v) is 3.47. The second kappa shape index (κ2) is 7.82. The molecule has 3 unspecified atom stereocenters. The Labute approximate surface area is 146 Å². The number of ether oxygens (including phenoxy) is 1. The molecule has 2 aliphatic heterocycles. The van der Waals surface area contributed by atoms with E-state index in [4.69, 9.17) is 9.84 Å². The van der Waals surface area contributed by atoms with Crippen molar-refractivity contribution < 1.29 is 23.8 Å². The van der Waals surface area contributed by atoms with Crippen molar-refractivity contribution >= 4 is 12.0 Å². The number of nitrogens with zero attached hydrogens (tertiary/aromatic N) is 1. The highest BCUT2D eigenvalue weighted by atomic mass is 19.1. The fraction of sp³-hybridized carbons (Fsp3) is 0.556. The number of nitrogens with one attached hydrogen (secondary N) is 1. The second-order valence-corrected chi connectivity index (χ2v) is 6.71. The smallest absolute Gasteiger partial charge is 0.317 e. The summed E-state index contributed by atoms with van der Waals surface area (Å²) in [5.41, 5.74) is 0.893. The molecule has 2 heterocycles. The van der Waals surface area contributed by atoms with Gasteiger partial charge in [0.1, 0.15) is 5.82 Å². The van der Waals surface area contributed by atoms with Crippen LogP contribution in [0, 0.1) is 11.7 Å². The first-order valence-electron chi connectivity index (χ1n) is 8.68. The third-order valence-electron chi connectivity index (χ3n) is 4.91. The highest BCUT2D eigenvalue weighted by Crippen LogP contribution is 2.28. The van der Waals surface area contributed by atoms with E-state index in [1.807, 2.05) is 0 Å². The van der Waals surface area contributed by atoms with E-state index in [0.717, 1.165) is 5.56 Å². The first-order chi connectivity index (χ1) is 12.0. The molecule has 3 atom stereocenters. The molecule has 1 aromatic carbocycles. The van der Waals surface area contributed by atoms with Crippen LogP contribution >= 0.6 is 0 Å². The molecule has 0 bridgehead atoms. The molecule has 2 N–H and O–H groups in total. The first kappa shape index (κ1) is 17.7. The van der Waals surface area contributed by atoms with Crippen molar-refractivity contribution in [2.24, 2.45) is 5.92 Å². The number of carboxylic acid groups (broad SMARTS) is 1. The number of carbonyl (C=O) groups excluding carboxylic acids is 1. The average molecular weight is 350 g/mol. The number of urea groups is 1. The standard InChI is InChI=1S/C18H23FN2O4/c19-14-5-3-12(4-6-14)16-10-15(7-9-25-16)20-18(24)21-8-1-2-13(11-21)17(22)23/h3-6,13,15-16H,1-2,7-11H2,(H,20,24)(H,22,23). The Balaban J connectivity index is 1.56. The number of carbonyl (C=O) groups is 2. The normalized spacial score (nSPS) is 26.9. The molecule has 0 radical (unpaired) electrons. The van der Waals surface area contributed by atoms with Gasteiger partial charge in [-0.15, -0.1) is 0 Å². The van der Waals surface area contributed by atoms with Crippen LogP contribution in [-0.2, 0) is 9.53 Å². The van der Waals surface area contributed by atoms with Crippen molar-refractivity contribution in [1.29, 1.82) is 0 Å². The second-order valence-electron chi connectivity index (χ2n) is 6.71. The van der Waals surface area contributed by atoms with Gasteiger partial charge in [-0.2, -0.15) is 0 Å². The summed E-state index contributed by atoms with van der Waals surface area (Å²) in [4.78, 5) is 25.2. The topological polar surface area (TPSA) is 78.9 Å². The summed E-state index contributed by atoms with van der Waals surface area (Å²) in [6.07, 6.45) is 2.47. The summed E-state index contributed by atoms with van der Waals surface area (Å²) in [5.74, 6) is -1.62. The van der Waals surface area contributed by atoms with Gasteiger partial charge in [0.05, 0.1) is 12.0 Å². The summed E-state index contributed by atoms with van der Waals surface area (Å²) in [7, 11) is 0. The van der Waals surface area contributed by atoms with E-state index in [9.17, 15) is 14.0 Å². The molecule has 25 heavy (non-hydrogen) atoms. The number of amides is 2. The maximum Gasteiger partial charge on any atom is 0.317 e. The number of hydrogen-bond donors (Lipinski definition) is 2. The maximum atomic E-state index is 13.1. The minimum absolute atomic E-state index is 0.0403. The Bertz CT molecular complexity index is 622. The van der Waals surface area contributed by atoms with Crippen molar-refractivity contribution in [3.05, 3.63) is 35.6 Å². The third-order valence-corrected chi connectivity index (χ3v) is 4.91. The van der Waals surface area contributed by atoms with Crippen LogP contribution in [0.25, 0.3) is 0 Å². The summed E-state index contributed by atoms with van der Waals surface area (Å²) in [6, 6.07) is 5.96. The zero-order valence-corrected chi connectivity index (χ0v) is 14.0. The third kappa shape index (κ3) is 4.48. The lowest BCUT2D eigenvalue weighted by Gasteiger charge is -2.35. The molecule has 0 aliphatic carbocycles. The first-order valence-corrected chi connectivity index (χ1v) is 8.68. The Morgan fingerprint density at radius 2 is 2.00 bits per heavy atom. The van der Waals surface area contributed by atoms with Gasteiger partial charge in [-0.1, -0.05) is 12.1 Å². The van der Waals surface area contributed by atoms with Gasteiger partial charge in [-0.3, -0.25) is 4.79 Å². The van der Waals surface area contributed by atoms with Crippen LogP contribution in [0.5, 0.6) is 0 Å². The van der Waals surface area contributed by atoms with Crippen LogP contribution in [0.3, 0.4) is 0 Å². The summed E-state index contributed by atoms with van der Waals surface area (Å²) in [6.45, 7) is 1.36. The average Bonchev–Trinajstić information content (AvgIpc) is 2.62. The van der Waals surface area contributed by atoms with Gasteiger partial charge >= 0.3 is 12.0 Å². The van der Waals surface area contributed by atoms with Crippen LogP contribution in [0.2, 0.25) is 0 Å². The molecule has 6 nitrogen and oxygen atoms in total. The Kier molecular flexibility index (Phi) is 5.53. The van der Waals surface area contributed by atoms with E-state index in [1.165, 1.54) is 12.1 Å². The number of carboxylic acids is 1. The van der Waals surface area contributed by atoms with E-state index < -0.39 is 11.9 Å². The molecule has 2 aliphatic rings. The molecular weight excluding hydrogens is 327 g/mol. The van der Waals surface area contributed by atoms with E-state index in [-0.39, 0.29) is 30.5 Å². The van der Waals surface area contributed by atoms with Gasteiger partial charge in [0.15, 0.2) is 0 Å². The van der Waals surface area contributed by atoms with Crippen molar-refractivity contribution in [3.8, 4) is 0 Å². The molecule has 2 amide bonds. The van der Waals surface area contributed by atoms with Crippen molar-refractivity contribution in [2.75, 3.05) is 19.7 Å². The van der Waals surface area contributed by atoms with Gasteiger partial charge in [-0.25, -0.2) is 9.18 Å². The van der Waals surface area contributed by atoms with E-state index in [2.05, 4.69) is 5.32 Å². The van der Waals surface area contributed by atoms with E-state index >= 15 is 0 Å². The van der Waals surface area contributed by atoms with Crippen LogP contribution in [0.4, 0.5) is 9.18 Å². The number of halogens is 1. The zero-order valence-electron chi connectivity index (χ0n) is 14.0. The van der Waals surface area contributed by atoms with Crippen molar-refractivity contribution in [3.63, 3.8) is 0 Å². The highest BCUT2D eigenvalue weighted by Gasteiger charge is 2.31. The number of benzene rings is 1. The monoisotopic (exact) mass is 350 g/mol. The molecule has 2 saturated heterocycles.